The highest BCUT2D eigenvalue weighted by atomic mass is 16.7. The third-order valence-electron chi connectivity index (χ3n) is 2.34. The molecule has 2 rings (SSSR count). The van der Waals surface area contributed by atoms with E-state index < -0.39 is 5.91 Å². The fourth-order valence-corrected chi connectivity index (χ4v) is 1.62. The summed E-state index contributed by atoms with van der Waals surface area (Å²) < 4.78 is 1.52. The number of aromatic nitrogens is 1. The topological polar surface area (TPSA) is 57.2 Å². The minimum absolute atomic E-state index is 0.384. The van der Waals surface area contributed by atoms with Crippen molar-refractivity contribution in [2.24, 2.45) is 5.73 Å². The molecule has 1 aromatic heterocycles. The number of primary amides is 1. The highest BCUT2D eigenvalue weighted by Gasteiger charge is 2.13. The van der Waals surface area contributed by atoms with Crippen LogP contribution in [0.3, 0.4) is 0 Å². The molecule has 0 fully saturated rings. The Labute approximate surface area is 93.6 Å². The van der Waals surface area contributed by atoms with E-state index in [1.54, 1.807) is 6.07 Å². The molecular weight excluding hydrogens is 204 g/mol. The average molecular weight is 218 g/mol. The number of para-hydroxylation sites is 1. The first-order chi connectivity index (χ1) is 7.74. The van der Waals surface area contributed by atoms with Crippen LogP contribution in [0.25, 0.3) is 10.9 Å². The summed E-state index contributed by atoms with van der Waals surface area (Å²) in [5.41, 5.74) is 6.56. The first-order valence-corrected chi connectivity index (χ1v) is 5.27. The molecule has 0 atom stereocenters. The van der Waals surface area contributed by atoms with Crippen molar-refractivity contribution < 1.29 is 9.63 Å². The van der Waals surface area contributed by atoms with Crippen LogP contribution in [-0.4, -0.2) is 17.2 Å². The molecule has 0 aliphatic heterocycles. The van der Waals surface area contributed by atoms with Crippen LogP contribution in [0.15, 0.2) is 30.3 Å². The quantitative estimate of drug-likeness (QED) is 0.847. The van der Waals surface area contributed by atoms with Crippen molar-refractivity contribution in [3.63, 3.8) is 0 Å². The van der Waals surface area contributed by atoms with Crippen molar-refractivity contribution in [3.05, 3.63) is 36.0 Å². The van der Waals surface area contributed by atoms with Gasteiger partial charge in [0.05, 0.1) is 5.52 Å². The lowest BCUT2D eigenvalue weighted by Crippen LogP contribution is -2.22. The van der Waals surface area contributed by atoms with Gasteiger partial charge in [-0.2, -0.15) is 4.73 Å². The minimum Gasteiger partial charge on any atom is -0.413 e. The van der Waals surface area contributed by atoms with Crippen molar-refractivity contribution >= 4 is 16.8 Å². The first kappa shape index (κ1) is 10.5. The molecule has 4 nitrogen and oxygen atoms in total. The normalized spacial score (nSPS) is 10.6. The Morgan fingerprint density at radius 3 is 2.88 bits per heavy atom. The van der Waals surface area contributed by atoms with E-state index >= 15 is 0 Å². The van der Waals surface area contributed by atoms with Crippen LogP contribution >= 0.6 is 0 Å². The molecule has 0 saturated heterocycles. The maximum absolute atomic E-state index is 11.3. The second-order valence-electron chi connectivity index (χ2n) is 3.58. The Morgan fingerprint density at radius 2 is 2.19 bits per heavy atom. The lowest BCUT2D eigenvalue weighted by molar-refractivity contribution is 0.0885. The fraction of sp³-hybridized carbons (Fsp3) is 0.250. The molecule has 1 aromatic carbocycles. The Hall–Kier alpha value is -1.97. The Bertz CT molecular complexity index is 517. The molecule has 2 N–H and O–H groups in total. The van der Waals surface area contributed by atoms with Crippen molar-refractivity contribution in [2.45, 2.75) is 13.3 Å². The average Bonchev–Trinajstić information content (AvgIpc) is 2.65. The van der Waals surface area contributed by atoms with E-state index in [0.29, 0.717) is 12.3 Å². The summed E-state index contributed by atoms with van der Waals surface area (Å²) in [6.07, 6.45) is 0.880. The number of amides is 1. The zero-order valence-corrected chi connectivity index (χ0v) is 9.14. The number of rotatable bonds is 4. The van der Waals surface area contributed by atoms with E-state index in [-0.39, 0.29) is 0 Å². The maximum Gasteiger partial charge on any atom is 0.268 e. The van der Waals surface area contributed by atoms with Gasteiger partial charge in [0.25, 0.3) is 5.91 Å². The molecule has 0 bridgehead atoms. The molecule has 0 spiro atoms. The highest BCUT2D eigenvalue weighted by Crippen LogP contribution is 2.18. The maximum atomic E-state index is 11.3. The third kappa shape index (κ3) is 1.74. The number of hydrogen-bond donors (Lipinski definition) is 1. The molecule has 0 saturated carbocycles. The summed E-state index contributed by atoms with van der Waals surface area (Å²) in [6.45, 7) is 2.56. The van der Waals surface area contributed by atoms with Crippen molar-refractivity contribution in [2.75, 3.05) is 6.61 Å². The lowest BCUT2D eigenvalue weighted by Gasteiger charge is -2.09. The molecule has 1 heterocycles. The van der Waals surface area contributed by atoms with E-state index in [2.05, 4.69) is 0 Å². The van der Waals surface area contributed by atoms with E-state index in [4.69, 9.17) is 10.6 Å². The smallest absolute Gasteiger partial charge is 0.268 e. The predicted octanol–water partition coefficient (Wildman–Crippen LogP) is 1.58. The monoisotopic (exact) mass is 218 g/mol. The van der Waals surface area contributed by atoms with Crippen molar-refractivity contribution in [3.8, 4) is 0 Å². The number of carbonyl (C=O) groups is 1. The van der Waals surface area contributed by atoms with Crippen LogP contribution in [0, 0.1) is 0 Å². The van der Waals surface area contributed by atoms with Gasteiger partial charge in [-0.1, -0.05) is 25.1 Å². The van der Waals surface area contributed by atoms with E-state index in [0.717, 1.165) is 17.3 Å². The summed E-state index contributed by atoms with van der Waals surface area (Å²) in [6, 6.07) is 9.38. The van der Waals surface area contributed by atoms with Gasteiger partial charge in [0, 0.05) is 5.39 Å². The van der Waals surface area contributed by atoms with Gasteiger partial charge in [-0.15, -0.1) is 0 Å². The summed E-state index contributed by atoms with van der Waals surface area (Å²) in [4.78, 5) is 16.8. The Kier molecular flexibility index (Phi) is 2.81. The van der Waals surface area contributed by atoms with Crippen LogP contribution in [-0.2, 0) is 0 Å². The van der Waals surface area contributed by atoms with Gasteiger partial charge in [0.2, 0.25) is 0 Å². The summed E-state index contributed by atoms with van der Waals surface area (Å²) in [7, 11) is 0. The summed E-state index contributed by atoms with van der Waals surface area (Å²) >= 11 is 0. The molecule has 0 unspecified atom stereocenters. The standard InChI is InChI=1S/C12H14N2O2/c1-2-7-16-14-10-6-4-3-5-9(10)8-11(14)12(13)15/h3-6,8H,2,7H2,1H3,(H2,13,15). The van der Waals surface area contributed by atoms with Gasteiger partial charge >= 0.3 is 0 Å². The van der Waals surface area contributed by atoms with Crippen LogP contribution in [0.1, 0.15) is 23.8 Å². The van der Waals surface area contributed by atoms with Crippen molar-refractivity contribution in [1.82, 2.24) is 4.73 Å². The fourth-order valence-electron chi connectivity index (χ4n) is 1.62. The second-order valence-corrected chi connectivity index (χ2v) is 3.58. The molecule has 2 aromatic rings. The van der Waals surface area contributed by atoms with Gasteiger partial charge in [-0.05, 0) is 18.6 Å². The highest BCUT2D eigenvalue weighted by molar-refractivity contribution is 5.97. The molecular formula is C12H14N2O2. The molecule has 84 valence electrons. The molecule has 0 aliphatic rings. The minimum atomic E-state index is -0.479. The van der Waals surface area contributed by atoms with Gasteiger partial charge < -0.3 is 10.6 Å². The van der Waals surface area contributed by atoms with Crippen LogP contribution < -0.4 is 10.6 Å². The summed E-state index contributed by atoms with van der Waals surface area (Å²) in [5.74, 6) is -0.479. The van der Waals surface area contributed by atoms with E-state index in [1.807, 2.05) is 31.2 Å². The molecule has 4 heteroatoms. The zero-order chi connectivity index (χ0) is 11.5. The Morgan fingerprint density at radius 1 is 1.44 bits per heavy atom. The largest absolute Gasteiger partial charge is 0.413 e. The number of hydrogen-bond acceptors (Lipinski definition) is 2. The van der Waals surface area contributed by atoms with E-state index in [1.165, 1.54) is 4.73 Å². The summed E-state index contributed by atoms with van der Waals surface area (Å²) in [5, 5.41) is 0.951. The Balaban J connectivity index is 2.55. The van der Waals surface area contributed by atoms with Gasteiger partial charge in [0.1, 0.15) is 12.3 Å². The van der Waals surface area contributed by atoms with Crippen LogP contribution in [0.2, 0.25) is 0 Å². The lowest BCUT2D eigenvalue weighted by atomic mass is 10.2. The van der Waals surface area contributed by atoms with Gasteiger partial charge in [0.15, 0.2) is 0 Å². The number of nitrogens with zero attached hydrogens (tertiary/aromatic N) is 1. The number of carbonyl (C=O) groups excluding carboxylic acids is 1. The zero-order valence-electron chi connectivity index (χ0n) is 9.14. The molecule has 1 amide bonds. The SMILES string of the molecule is CCCOn1c(C(N)=O)cc2ccccc21. The van der Waals surface area contributed by atoms with E-state index in [9.17, 15) is 4.79 Å². The molecule has 0 radical (unpaired) electrons. The molecule has 16 heavy (non-hydrogen) atoms. The van der Waals surface area contributed by atoms with Gasteiger partial charge in [-0.3, -0.25) is 4.79 Å². The van der Waals surface area contributed by atoms with Crippen molar-refractivity contribution in [1.29, 1.82) is 0 Å². The molecule has 0 aliphatic carbocycles. The van der Waals surface area contributed by atoms with Gasteiger partial charge in [-0.25, -0.2) is 0 Å². The van der Waals surface area contributed by atoms with Crippen LogP contribution in [0.5, 0.6) is 0 Å². The number of benzene rings is 1. The number of nitrogens with two attached hydrogens (primary N) is 1. The predicted molar refractivity (Wildman–Crippen MR) is 62.2 cm³/mol. The first-order valence-electron chi connectivity index (χ1n) is 5.27. The second kappa shape index (κ2) is 4.26. The number of fused-ring (bicyclic) bond motifs is 1. The third-order valence-corrected chi connectivity index (χ3v) is 2.34. The van der Waals surface area contributed by atoms with Crippen LogP contribution in [0.4, 0.5) is 0 Å².